The van der Waals surface area contributed by atoms with Crippen molar-refractivity contribution in [2.45, 2.75) is 51.7 Å². The minimum Gasteiger partial charge on any atom is -0.463 e. The molecule has 8 heteroatoms. The number of anilines is 2. The van der Waals surface area contributed by atoms with E-state index >= 15 is 0 Å². The summed E-state index contributed by atoms with van der Waals surface area (Å²) in [5.41, 5.74) is 9.15. The zero-order valence-corrected chi connectivity index (χ0v) is 19.4. The fourth-order valence-electron chi connectivity index (χ4n) is 4.33. The Labute approximate surface area is 190 Å². The number of rotatable bonds is 9. The number of hydrogen-bond donors (Lipinski definition) is 1. The highest BCUT2D eigenvalue weighted by Crippen LogP contribution is 2.33. The molecule has 2 N–H and O–H groups in total. The molecule has 1 aromatic heterocycles. The Morgan fingerprint density at radius 3 is 2.53 bits per heavy atom. The molecule has 1 aromatic carbocycles. The summed E-state index contributed by atoms with van der Waals surface area (Å²) >= 11 is 0. The molecule has 2 aliphatic rings. The zero-order valence-electron chi connectivity index (χ0n) is 19.4. The monoisotopic (exact) mass is 438 g/mol. The molecule has 3 heterocycles. The first-order valence-electron chi connectivity index (χ1n) is 11.5. The van der Waals surface area contributed by atoms with Gasteiger partial charge in [-0.25, -0.2) is 0 Å². The summed E-state index contributed by atoms with van der Waals surface area (Å²) in [6.45, 7) is 6.29. The maximum atomic E-state index is 12.7. The van der Waals surface area contributed by atoms with Crippen LogP contribution in [0.1, 0.15) is 42.9 Å². The summed E-state index contributed by atoms with van der Waals surface area (Å²) in [6.07, 6.45) is 3.39. The summed E-state index contributed by atoms with van der Waals surface area (Å²) in [4.78, 5) is 27.9. The lowest BCUT2D eigenvalue weighted by Crippen LogP contribution is -2.31. The SMILES string of the molecule is CCCCOc1nc(N)c2c(n1)N(Cc1ccc(CN3CCC(N(C)C)C3)cc1)C(=O)C2. The maximum absolute atomic E-state index is 12.7. The van der Waals surface area contributed by atoms with Crippen LogP contribution >= 0.6 is 0 Å². The molecule has 2 aromatic rings. The fourth-order valence-corrected chi connectivity index (χ4v) is 4.33. The summed E-state index contributed by atoms with van der Waals surface area (Å²) in [6, 6.07) is 9.40. The van der Waals surface area contributed by atoms with E-state index in [4.69, 9.17) is 10.5 Å². The third-order valence-corrected chi connectivity index (χ3v) is 6.36. The van der Waals surface area contributed by atoms with Gasteiger partial charge in [0, 0.05) is 31.2 Å². The van der Waals surface area contributed by atoms with Crippen LogP contribution in [0.25, 0.3) is 0 Å². The summed E-state index contributed by atoms with van der Waals surface area (Å²) in [5.74, 6) is 0.891. The third-order valence-electron chi connectivity index (χ3n) is 6.36. The number of ether oxygens (including phenoxy) is 1. The van der Waals surface area contributed by atoms with Gasteiger partial charge in [-0.2, -0.15) is 9.97 Å². The van der Waals surface area contributed by atoms with Crippen molar-refractivity contribution in [2.75, 3.05) is 44.4 Å². The minimum atomic E-state index is -0.0115. The van der Waals surface area contributed by atoms with E-state index in [0.29, 0.717) is 36.4 Å². The quantitative estimate of drug-likeness (QED) is 0.602. The van der Waals surface area contributed by atoms with Gasteiger partial charge in [-0.1, -0.05) is 37.6 Å². The molecule has 1 fully saturated rings. The van der Waals surface area contributed by atoms with Crippen molar-refractivity contribution in [3.63, 3.8) is 0 Å². The van der Waals surface area contributed by atoms with E-state index in [-0.39, 0.29) is 18.3 Å². The number of fused-ring (bicyclic) bond motifs is 1. The van der Waals surface area contributed by atoms with Crippen LogP contribution in [0, 0.1) is 0 Å². The topological polar surface area (TPSA) is 87.8 Å². The lowest BCUT2D eigenvalue weighted by Gasteiger charge is -2.20. The first-order valence-corrected chi connectivity index (χ1v) is 11.5. The molecule has 1 atom stereocenters. The van der Waals surface area contributed by atoms with E-state index in [0.717, 1.165) is 38.0 Å². The molecule has 0 saturated carbocycles. The molecular weight excluding hydrogens is 404 g/mol. The van der Waals surface area contributed by atoms with Crippen LogP contribution in [-0.4, -0.2) is 65.5 Å². The highest BCUT2D eigenvalue weighted by molar-refractivity contribution is 6.01. The van der Waals surface area contributed by atoms with Crippen molar-refractivity contribution in [3.8, 4) is 6.01 Å². The number of hydrogen-bond acceptors (Lipinski definition) is 7. The second kappa shape index (κ2) is 9.83. The normalized spacial score (nSPS) is 18.6. The molecule has 172 valence electrons. The van der Waals surface area contributed by atoms with E-state index in [9.17, 15) is 4.79 Å². The molecule has 0 radical (unpaired) electrons. The van der Waals surface area contributed by atoms with Gasteiger partial charge < -0.3 is 15.4 Å². The number of likely N-dealkylation sites (N-methyl/N-ethyl adjacent to an activating group) is 1. The highest BCUT2D eigenvalue weighted by atomic mass is 16.5. The van der Waals surface area contributed by atoms with Gasteiger partial charge in [0.2, 0.25) is 5.91 Å². The molecule has 8 nitrogen and oxygen atoms in total. The molecule has 4 rings (SSSR count). The van der Waals surface area contributed by atoms with Crippen molar-refractivity contribution >= 4 is 17.5 Å². The second-order valence-corrected chi connectivity index (χ2v) is 9.01. The van der Waals surface area contributed by atoms with Crippen molar-refractivity contribution < 1.29 is 9.53 Å². The van der Waals surface area contributed by atoms with Crippen molar-refractivity contribution in [1.29, 1.82) is 0 Å². The predicted octanol–water partition coefficient (Wildman–Crippen LogP) is 2.46. The molecule has 1 amide bonds. The number of nitrogens with two attached hydrogens (primary N) is 1. The molecule has 1 saturated heterocycles. The largest absolute Gasteiger partial charge is 0.463 e. The van der Waals surface area contributed by atoms with E-state index < -0.39 is 0 Å². The number of carbonyl (C=O) groups excluding carboxylic acids is 1. The molecule has 2 aliphatic heterocycles. The zero-order chi connectivity index (χ0) is 22.7. The number of amides is 1. The standard InChI is InChI=1S/C24H34N6O2/c1-4-5-12-32-24-26-22(25)20-13-21(31)30(23(20)27-24)15-18-8-6-17(7-9-18)14-29-11-10-19(16-29)28(2)3/h6-9,19H,4-5,10-16H2,1-3H3,(H2,25,26,27). The van der Waals surface area contributed by atoms with Gasteiger partial charge in [-0.05, 0) is 38.1 Å². The van der Waals surface area contributed by atoms with Crippen LogP contribution in [-0.2, 0) is 24.3 Å². The van der Waals surface area contributed by atoms with Crippen LogP contribution in [0.5, 0.6) is 6.01 Å². The summed E-state index contributed by atoms with van der Waals surface area (Å²) in [7, 11) is 4.30. The number of likely N-dealkylation sites (tertiary alicyclic amines) is 1. The number of benzene rings is 1. The van der Waals surface area contributed by atoms with Gasteiger partial charge in [0.25, 0.3) is 0 Å². The number of aromatic nitrogens is 2. The number of nitrogen functional groups attached to an aromatic ring is 1. The van der Waals surface area contributed by atoms with Crippen LogP contribution < -0.4 is 15.4 Å². The molecule has 0 aliphatic carbocycles. The second-order valence-electron chi connectivity index (χ2n) is 9.01. The van der Waals surface area contributed by atoms with Gasteiger partial charge >= 0.3 is 6.01 Å². The Morgan fingerprint density at radius 1 is 1.16 bits per heavy atom. The summed E-state index contributed by atoms with van der Waals surface area (Å²) < 4.78 is 5.64. The molecule has 1 unspecified atom stereocenters. The van der Waals surface area contributed by atoms with Crippen LogP contribution in [0.2, 0.25) is 0 Å². The highest BCUT2D eigenvalue weighted by Gasteiger charge is 2.32. The lowest BCUT2D eigenvalue weighted by atomic mass is 10.1. The van der Waals surface area contributed by atoms with E-state index in [1.165, 1.54) is 12.0 Å². The minimum absolute atomic E-state index is 0.0115. The number of carbonyl (C=O) groups is 1. The number of nitrogens with zero attached hydrogens (tertiary/aromatic N) is 5. The van der Waals surface area contributed by atoms with Crippen LogP contribution in [0.15, 0.2) is 24.3 Å². The number of unbranched alkanes of at least 4 members (excludes halogenated alkanes) is 1. The van der Waals surface area contributed by atoms with Crippen molar-refractivity contribution in [1.82, 2.24) is 19.8 Å². The maximum Gasteiger partial charge on any atom is 0.320 e. The fraction of sp³-hybridized carbons (Fsp3) is 0.542. The Kier molecular flexibility index (Phi) is 6.91. The Balaban J connectivity index is 1.42. The Morgan fingerprint density at radius 2 is 1.88 bits per heavy atom. The lowest BCUT2D eigenvalue weighted by molar-refractivity contribution is -0.117. The smallest absolute Gasteiger partial charge is 0.320 e. The molecule has 0 bridgehead atoms. The van der Waals surface area contributed by atoms with E-state index in [1.807, 2.05) is 0 Å². The average molecular weight is 439 g/mol. The van der Waals surface area contributed by atoms with Gasteiger partial charge in [-0.3, -0.25) is 14.6 Å². The first kappa shape index (κ1) is 22.5. The van der Waals surface area contributed by atoms with Crippen molar-refractivity contribution in [2.24, 2.45) is 0 Å². The van der Waals surface area contributed by atoms with Gasteiger partial charge in [0.15, 0.2) is 0 Å². The average Bonchev–Trinajstić information content (AvgIpc) is 3.35. The van der Waals surface area contributed by atoms with Crippen LogP contribution in [0.4, 0.5) is 11.6 Å². The van der Waals surface area contributed by atoms with E-state index in [2.05, 4.69) is 65.1 Å². The molecule has 0 spiro atoms. The van der Waals surface area contributed by atoms with E-state index in [1.54, 1.807) is 4.90 Å². The molecular formula is C24H34N6O2. The predicted molar refractivity (Wildman–Crippen MR) is 126 cm³/mol. The summed E-state index contributed by atoms with van der Waals surface area (Å²) in [5, 5.41) is 0. The first-order chi connectivity index (χ1) is 15.4. The van der Waals surface area contributed by atoms with Gasteiger partial charge in [-0.15, -0.1) is 0 Å². The van der Waals surface area contributed by atoms with Crippen molar-refractivity contribution in [3.05, 3.63) is 41.0 Å². The Bertz CT molecular complexity index is 946. The van der Waals surface area contributed by atoms with Gasteiger partial charge in [0.1, 0.15) is 11.6 Å². The molecule has 32 heavy (non-hydrogen) atoms. The van der Waals surface area contributed by atoms with Crippen LogP contribution in [0.3, 0.4) is 0 Å². The third kappa shape index (κ3) is 5.02. The Hall–Kier alpha value is -2.71. The van der Waals surface area contributed by atoms with Gasteiger partial charge in [0.05, 0.1) is 19.6 Å².